The number of ether oxygens (including phenoxy) is 2. The maximum Gasteiger partial charge on any atom is 0.241 e. The lowest BCUT2D eigenvalue weighted by atomic mass is 10.3. The van der Waals surface area contributed by atoms with E-state index in [1.807, 2.05) is 19.9 Å². The Morgan fingerprint density at radius 1 is 1.04 bits per heavy atom. The van der Waals surface area contributed by atoms with Crippen LogP contribution in [-0.4, -0.2) is 33.2 Å². The molecular formula is C18H20N2O4S. The van der Waals surface area contributed by atoms with E-state index in [1.165, 1.54) is 12.1 Å². The molecule has 0 spiro atoms. The Morgan fingerprint density at radius 2 is 1.76 bits per heavy atom. The van der Waals surface area contributed by atoms with Crippen LogP contribution in [0.2, 0.25) is 0 Å². The molecule has 2 rings (SSSR count). The van der Waals surface area contributed by atoms with Gasteiger partial charge in [0.1, 0.15) is 18.1 Å². The zero-order valence-corrected chi connectivity index (χ0v) is 15.0. The molecule has 2 aromatic rings. The zero-order valence-electron chi connectivity index (χ0n) is 14.2. The summed E-state index contributed by atoms with van der Waals surface area (Å²) in [5.41, 5.74) is 0.905. The number of pyridine rings is 1. The molecule has 6 nitrogen and oxygen atoms in total. The summed E-state index contributed by atoms with van der Waals surface area (Å²) in [4.78, 5) is 4.27. The summed E-state index contributed by atoms with van der Waals surface area (Å²) in [6.45, 7) is 4.45. The SMILES string of the molecule is CCOc1ccc(S(=O)(=O)NCC#CCOc2ccc(C)nc2)cc1. The third-order valence-corrected chi connectivity index (χ3v) is 4.53. The number of benzene rings is 1. The van der Waals surface area contributed by atoms with E-state index in [1.54, 1.807) is 24.4 Å². The Morgan fingerprint density at radius 3 is 2.40 bits per heavy atom. The molecule has 0 radical (unpaired) electrons. The van der Waals surface area contributed by atoms with Crippen molar-refractivity contribution in [2.45, 2.75) is 18.7 Å². The van der Waals surface area contributed by atoms with E-state index in [9.17, 15) is 8.42 Å². The quantitative estimate of drug-likeness (QED) is 0.766. The van der Waals surface area contributed by atoms with Gasteiger partial charge in [0.15, 0.2) is 0 Å². The summed E-state index contributed by atoms with van der Waals surface area (Å²) < 4.78 is 37.4. The van der Waals surface area contributed by atoms with Crippen LogP contribution in [0, 0.1) is 18.8 Å². The molecule has 1 aromatic carbocycles. The second-order valence-corrected chi connectivity index (χ2v) is 6.77. The maximum atomic E-state index is 12.1. The molecule has 1 N–H and O–H groups in total. The molecule has 7 heteroatoms. The molecule has 0 aliphatic carbocycles. The Balaban J connectivity index is 1.81. The van der Waals surface area contributed by atoms with E-state index in [-0.39, 0.29) is 18.0 Å². The highest BCUT2D eigenvalue weighted by Gasteiger charge is 2.12. The number of rotatable bonds is 7. The van der Waals surface area contributed by atoms with Crippen LogP contribution in [0.1, 0.15) is 12.6 Å². The number of nitrogens with zero attached hydrogens (tertiary/aromatic N) is 1. The van der Waals surface area contributed by atoms with Crippen LogP contribution in [0.3, 0.4) is 0 Å². The minimum atomic E-state index is -3.59. The summed E-state index contributed by atoms with van der Waals surface area (Å²) in [5.74, 6) is 6.71. The van der Waals surface area contributed by atoms with Crippen LogP contribution in [0.4, 0.5) is 0 Å². The van der Waals surface area contributed by atoms with Crippen LogP contribution < -0.4 is 14.2 Å². The van der Waals surface area contributed by atoms with E-state index >= 15 is 0 Å². The van der Waals surface area contributed by atoms with Crippen molar-refractivity contribution in [2.24, 2.45) is 0 Å². The number of nitrogens with one attached hydrogen (secondary N) is 1. The predicted octanol–water partition coefficient (Wildman–Crippen LogP) is 2.15. The van der Waals surface area contributed by atoms with Crippen LogP contribution in [0.15, 0.2) is 47.5 Å². The third kappa shape index (κ3) is 6.10. The minimum absolute atomic E-state index is 0.00501. The summed E-state index contributed by atoms with van der Waals surface area (Å²) in [6, 6.07) is 9.87. The standard InChI is InChI=1S/C18H20N2O4S/c1-3-23-16-8-10-18(11-9-16)25(21,22)20-12-4-5-13-24-17-7-6-15(2)19-14-17/h6-11,14,20H,3,12-13H2,1-2H3. The Bertz CT molecular complexity index is 835. The Kier molecular flexibility index (Phi) is 6.81. The first-order chi connectivity index (χ1) is 12.0. The molecule has 0 saturated carbocycles. The van der Waals surface area contributed by atoms with Crippen molar-refractivity contribution in [3.05, 3.63) is 48.3 Å². The zero-order chi connectivity index (χ0) is 18.1. The second kappa shape index (κ2) is 9.06. The summed E-state index contributed by atoms with van der Waals surface area (Å²) >= 11 is 0. The van der Waals surface area contributed by atoms with Crippen molar-refractivity contribution in [1.82, 2.24) is 9.71 Å². The average molecular weight is 360 g/mol. The fourth-order valence-electron chi connectivity index (χ4n) is 1.87. The lowest BCUT2D eigenvalue weighted by Crippen LogP contribution is -2.24. The van der Waals surface area contributed by atoms with Crippen LogP contribution in [0.25, 0.3) is 0 Å². The van der Waals surface area contributed by atoms with E-state index in [4.69, 9.17) is 9.47 Å². The normalized spacial score (nSPS) is 10.6. The van der Waals surface area contributed by atoms with Crippen molar-refractivity contribution in [2.75, 3.05) is 19.8 Å². The molecule has 25 heavy (non-hydrogen) atoms. The van der Waals surface area contributed by atoms with Gasteiger partial charge in [0.2, 0.25) is 10.0 Å². The minimum Gasteiger partial charge on any atom is -0.494 e. The van der Waals surface area contributed by atoms with Crippen LogP contribution in [0.5, 0.6) is 11.5 Å². The van der Waals surface area contributed by atoms with Gasteiger partial charge in [0.05, 0.1) is 24.2 Å². The molecule has 0 amide bonds. The van der Waals surface area contributed by atoms with Crippen LogP contribution in [-0.2, 0) is 10.0 Å². The summed E-state index contributed by atoms with van der Waals surface area (Å²) in [5, 5.41) is 0. The molecule has 0 fully saturated rings. The number of aromatic nitrogens is 1. The van der Waals surface area contributed by atoms with Gasteiger partial charge in [0.25, 0.3) is 0 Å². The second-order valence-electron chi connectivity index (χ2n) is 5.01. The van der Waals surface area contributed by atoms with E-state index in [0.717, 1.165) is 5.69 Å². The molecule has 132 valence electrons. The van der Waals surface area contributed by atoms with Crippen molar-refractivity contribution < 1.29 is 17.9 Å². The molecule has 0 aliphatic rings. The van der Waals surface area contributed by atoms with Gasteiger partial charge in [0, 0.05) is 5.69 Å². The third-order valence-electron chi connectivity index (χ3n) is 3.12. The van der Waals surface area contributed by atoms with E-state index < -0.39 is 10.0 Å². The van der Waals surface area contributed by atoms with Crippen LogP contribution >= 0.6 is 0 Å². The molecule has 0 bridgehead atoms. The maximum absolute atomic E-state index is 12.1. The number of hydrogen-bond donors (Lipinski definition) is 1. The number of hydrogen-bond acceptors (Lipinski definition) is 5. The molecule has 0 saturated heterocycles. The fraction of sp³-hybridized carbons (Fsp3) is 0.278. The average Bonchev–Trinajstić information content (AvgIpc) is 2.60. The number of sulfonamides is 1. The van der Waals surface area contributed by atoms with E-state index in [0.29, 0.717) is 18.1 Å². The monoisotopic (exact) mass is 360 g/mol. The van der Waals surface area contributed by atoms with Gasteiger partial charge in [-0.3, -0.25) is 4.98 Å². The smallest absolute Gasteiger partial charge is 0.241 e. The highest BCUT2D eigenvalue weighted by molar-refractivity contribution is 7.89. The molecule has 0 unspecified atom stereocenters. The largest absolute Gasteiger partial charge is 0.494 e. The highest BCUT2D eigenvalue weighted by atomic mass is 32.2. The lowest BCUT2D eigenvalue weighted by molar-refractivity contribution is 0.340. The van der Waals surface area contributed by atoms with Crippen molar-refractivity contribution in [3.8, 4) is 23.3 Å². The summed E-state index contributed by atoms with van der Waals surface area (Å²) in [6.07, 6.45) is 1.62. The highest BCUT2D eigenvalue weighted by Crippen LogP contribution is 2.15. The Labute approximate surface area is 148 Å². The fourth-order valence-corrected chi connectivity index (χ4v) is 2.79. The summed E-state index contributed by atoms with van der Waals surface area (Å²) in [7, 11) is -3.59. The molecular weight excluding hydrogens is 340 g/mol. The van der Waals surface area contributed by atoms with Gasteiger partial charge >= 0.3 is 0 Å². The van der Waals surface area contributed by atoms with E-state index in [2.05, 4.69) is 21.5 Å². The molecule has 1 heterocycles. The molecule has 1 aromatic heterocycles. The predicted molar refractivity (Wildman–Crippen MR) is 95.0 cm³/mol. The first-order valence-corrected chi connectivity index (χ1v) is 9.23. The van der Waals surface area contributed by atoms with Crippen molar-refractivity contribution >= 4 is 10.0 Å². The van der Waals surface area contributed by atoms with Gasteiger partial charge in [-0.15, -0.1) is 0 Å². The van der Waals surface area contributed by atoms with Crippen molar-refractivity contribution in [1.29, 1.82) is 0 Å². The Hall–Kier alpha value is -2.56. The lowest BCUT2D eigenvalue weighted by Gasteiger charge is -2.06. The first-order valence-electron chi connectivity index (χ1n) is 7.75. The molecule has 0 atom stereocenters. The van der Waals surface area contributed by atoms with Gasteiger partial charge in [-0.05, 0) is 50.2 Å². The molecule has 0 aliphatic heterocycles. The van der Waals surface area contributed by atoms with Gasteiger partial charge < -0.3 is 9.47 Å². The number of aryl methyl sites for hydroxylation is 1. The topological polar surface area (TPSA) is 77.5 Å². The van der Waals surface area contributed by atoms with Gasteiger partial charge in [-0.25, -0.2) is 8.42 Å². The first kappa shape index (κ1) is 18.8. The van der Waals surface area contributed by atoms with Gasteiger partial charge in [-0.1, -0.05) is 11.8 Å². The van der Waals surface area contributed by atoms with Gasteiger partial charge in [-0.2, -0.15) is 4.72 Å². The van der Waals surface area contributed by atoms with Crippen molar-refractivity contribution in [3.63, 3.8) is 0 Å².